The zero-order valence-electron chi connectivity index (χ0n) is 51.8. The zero-order chi connectivity index (χ0) is 65.4. The highest BCUT2D eigenvalue weighted by Gasteiger charge is 2.38. The van der Waals surface area contributed by atoms with Crippen molar-refractivity contribution < 1.29 is 26.3 Å². The van der Waals surface area contributed by atoms with Crippen molar-refractivity contribution in [1.82, 2.24) is 27.4 Å². The van der Waals surface area contributed by atoms with Gasteiger partial charge in [0, 0.05) is 92.9 Å². The molecule has 0 bridgehead atoms. The third-order valence-electron chi connectivity index (χ3n) is 20.2. The number of halogens is 6. The summed E-state index contributed by atoms with van der Waals surface area (Å²) in [5, 5.41) is 10.9. The normalized spacial score (nSPS) is 12.6. The number of alkyl halides is 6. The van der Waals surface area contributed by atoms with E-state index in [2.05, 4.69) is 91.1 Å². The minimum absolute atomic E-state index is 0.0249. The van der Waals surface area contributed by atoms with E-state index in [0.717, 1.165) is 122 Å². The Morgan fingerprint density at radius 1 is 0.194 bits per heavy atom. The highest BCUT2D eigenvalue weighted by Crippen LogP contribution is 2.49. The molecule has 14 aromatic carbocycles. The summed E-state index contributed by atoms with van der Waals surface area (Å²) in [6.45, 7) is 0. The van der Waals surface area contributed by atoms with Crippen molar-refractivity contribution in [2.24, 2.45) is 0 Å². The summed E-state index contributed by atoms with van der Waals surface area (Å²) >= 11 is 0. The highest BCUT2D eigenvalue weighted by atomic mass is 19.4. The third-order valence-corrected chi connectivity index (χ3v) is 20.2. The molecule has 0 spiro atoms. The highest BCUT2D eigenvalue weighted by molar-refractivity contribution is 6.17. The lowest BCUT2D eigenvalue weighted by Gasteiger charge is -2.23. The second-order valence-corrected chi connectivity index (χ2v) is 25.4. The second kappa shape index (κ2) is 20.5. The first-order chi connectivity index (χ1) is 47.9. The molecular formula is C86H50F6N6. The van der Waals surface area contributed by atoms with E-state index in [1.807, 2.05) is 199 Å². The number of nitrogens with zero attached hydrogens (tertiary/aromatic N) is 6. The van der Waals surface area contributed by atoms with Crippen LogP contribution in [0.4, 0.5) is 26.3 Å². The van der Waals surface area contributed by atoms with Crippen molar-refractivity contribution in [3.05, 3.63) is 314 Å². The number of benzene rings is 14. The summed E-state index contributed by atoms with van der Waals surface area (Å²) in [6.07, 6.45) is -9.89. The SMILES string of the molecule is FC(F)(F)c1cccc(-c2cc(-n3c4cc(-n5c6ccccc6c6ccccc65)ccc4c4ccc(-n5c6ccccc6c6ccccc65)cc43)c(C(F)(F)F)cc2-n2c3cc(-n4c5ccccc5c5ccccc54)ccc3c3ccc(-n4c5ccccc5c5ccccc54)cc32)c1. The summed E-state index contributed by atoms with van der Waals surface area (Å²) in [6, 6.07) is 96.4. The van der Waals surface area contributed by atoms with Crippen LogP contribution in [0.1, 0.15) is 11.1 Å². The van der Waals surface area contributed by atoms with Crippen molar-refractivity contribution in [3.8, 4) is 45.3 Å². The number of hydrogen-bond donors (Lipinski definition) is 0. The van der Waals surface area contributed by atoms with Crippen LogP contribution in [0, 0.1) is 0 Å². The predicted molar refractivity (Wildman–Crippen MR) is 388 cm³/mol. The van der Waals surface area contributed by atoms with Gasteiger partial charge in [0.05, 0.1) is 88.7 Å². The standard InChI is InChI=1S/C86H50F6N6/c87-85(88,89)52-19-17-18-51(44-52)69-49-84(98-81-47-55(95-75-32-13-5-24-61(75)62-25-6-14-33-76(62)95)38-42-67(81)68-43-39-56(48-82(68)98)96-77-34-15-7-26-63(77)64-27-8-16-35-78(64)96)70(86(90,91)92)50-83(69)97-79-45-53(93-71-28-9-1-20-57(71)58-21-2-10-29-72(58)93)36-40-65(79)66-41-37-54(46-80(66)97)94-73-30-11-3-22-59(73)60-23-4-12-31-74(60)94/h1-50H. The van der Waals surface area contributed by atoms with Crippen LogP contribution < -0.4 is 0 Å². The van der Waals surface area contributed by atoms with Crippen molar-refractivity contribution in [2.75, 3.05) is 0 Å². The maximum Gasteiger partial charge on any atom is 0.418 e. The molecule has 6 nitrogen and oxygen atoms in total. The van der Waals surface area contributed by atoms with Crippen LogP contribution >= 0.6 is 0 Å². The first-order valence-corrected chi connectivity index (χ1v) is 32.5. The van der Waals surface area contributed by atoms with Crippen LogP contribution in [0.3, 0.4) is 0 Å². The Kier molecular flexibility index (Phi) is 11.7. The van der Waals surface area contributed by atoms with Crippen molar-refractivity contribution in [3.63, 3.8) is 0 Å². The van der Waals surface area contributed by atoms with E-state index in [1.165, 1.54) is 18.2 Å². The van der Waals surface area contributed by atoms with Crippen molar-refractivity contribution >= 4 is 131 Å². The van der Waals surface area contributed by atoms with Gasteiger partial charge in [0.25, 0.3) is 0 Å². The molecule has 20 rings (SSSR count). The lowest BCUT2D eigenvalue weighted by Crippen LogP contribution is -2.14. The summed E-state index contributed by atoms with van der Waals surface area (Å²) in [7, 11) is 0. The van der Waals surface area contributed by atoms with Gasteiger partial charge in [-0.25, -0.2) is 0 Å². The first kappa shape index (κ1) is 55.9. The molecule has 0 aliphatic carbocycles. The molecule has 0 unspecified atom stereocenters. The number of aromatic nitrogens is 6. The lowest BCUT2D eigenvalue weighted by molar-refractivity contribution is -0.138. The monoisotopic (exact) mass is 1280 g/mol. The molecule has 0 atom stereocenters. The van der Waals surface area contributed by atoms with Crippen LogP contribution in [-0.4, -0.2) is 27.4 Å². The van der Waals surface area contributed by atoms with Gasteiger partial charge in [0.1, 0.15) is 0 Å². The van der Waals surface area contributed by atoms with Gasteiger partial charge in [-0.05, 0) is 127 Å². The molecule has 0 N–H and O–H groups in total. The Morgan fingerprint density at radius 3 is 0.735 bits per heavy atom. The van der Waals surface area contributed by atoms with E-state index < -0.39 is 23.5 Å². The number of fused-ring (bicyclic) bond motifs is 18. The largest absolute Gasteiger partial charge is 0.418 e. The zero-order valence-corrected chi connectivity index (χ0v) is 51.8. The molecule has 466 valence electrons. The van der Waals surface area contributed by atoms with Gasteiger partial charge in [0.2, 0.25) is 0 Å². The Bertz CT molecular complexity index is 6250. The molecule has 20 aromatic rings. The van der Waals surface area contributed by atoms with Gasteiger partial charge in [-0.1, -0.05) is 182 Å². The van der Waals surface area contributed by atoms with Gasteiger partial charge in [-0.15, -0.1) is 0 Å². The predicted octanol–water partition coefficient (Wildman–Crippen LogP) is 24.0. The van der Waals surface area contributed by atoms with Gasteiger partial charge < -0.3 is 27.4 Å². The molecule has 6 aromatic heterocycles. The summed E-state index contributed by atoms with van der Waals surface area (Å²) in [5.74, 6) is 0. The first-order valence-electron chi connectivity index (χ1n) is 32.5. The molecule has 12 heteroatoms. The molecule has 0 aliphatic heterocycles. The second-order valence-electron chi connectivity index (χ2n) is 25.4. The van der Waals surface area contributed by atoms with E-state index in [0.29, 0.717) is 44.2 Å². The maximum absolute atomic E-state index is 17.7. The molecule has 0 aliphatic rings. The van der Waals surface area contributed by atoms with Crippen LogP contribution in [-0.2, 0) is 12.4 Å². The van der Waals surface area contributed by atoms with E-state index >= 15 is 26.3 Å². The van der Waals surface area contributed by atoms with Crippen LogP contribution in [0.25, 0.3) is 176 Å². The quantitative estimate of drug-likeness (QED) is 0.142. The average Bonchev–Trinajstić information content (AvgIpc) is 1.53. The lowest BCUT2D eigenvalue weighted by atomic mass is 9.97. The molecule has 0 radical (unpaired) electrons. The van der Waals surface area contributed by atoms with Gasteiger partial charge in [-0.3, -0.25) is 0 Å². The van der Waals surface area contributed by atoms with Crippen molar-refractivity contribution in [1.29, 1.82) is 0 Å². The van der Waals surface area contributed by atoms with Gasteiger partial charge in [0.15, 0.2) is 0 Å². The summed E-state index contributed by atoms with van der Waals surface area (Å²) < 4.78 is 112. The molecule has 98 heavy (non-hydrogen) atoms. The van der Waals surface area contributed by atoms with Gasteiger partial charge in [-0.2, -0.15) is 26.3 Å². The molecule has 6 heterocycles. The van der Waals surface area contributed by atoms with Crippen molar-refractivity contribution in [2.45, 2.75) is 12.4 Å². The Morgan fingerprint density at radius 2 is 0.459 bits per heavy atom. The van der Waals surface area contributed by atoms with E-state index in [9.17, 15) is 0 Å². The maximum atomic E-state index is 17.7. The molecule has 0 fully saturated rings. The third kappa shape index (κ3) is 8.05. The van der Waals surface area contributed by atoms with E-state index in [4.69, 9.17) is 0 Å². The van der Waals surface area contributed by atoms with Crippen LogP contribution in [0.15, 0.2) is 303 Å². The van der Waals surface area contributed by atoms with E-state index in [-0.39, 0.29) is 22.5 Å². The molecule has 0 saturated heterocycles. The number of hydrogen-bond acceptors (Lipinski definition) is 0. The van der Waals surface area contributed by atoms with E-state index in [1.54, 1.807) is 10.6 Å². The summed E-state index contributed by atoms with van der Waals surface area (Å²) in [4.78, 5) is 0. The average molecular weight is 1280 g/mol. The Hall–Kier alpha value is -12.5. The fraction of sp³-hybridized carbons (Fsp3) is 0.0233. The Labute approximate surface area is 553 Å². The topological polar surface area (TPSA) is 29.6 Å². The minimum atomic E-state index is -5.07. The molecule has 0 saturated carbocycles. The molecular weight excluding hydrogens is 1230 g/mol. The summed E-state index contributed by atoms with van der Waals surface area (Å²) in [5.41, 5.74) is 10.2. The number of para-hydroxylation sites is 8. The minimum Gasteiger partial charge on any atom is -0.309 e. The smallest absolute Gasteiger partial charge is 0.309 e. The Balaban J connectivity index is 0.937. The fourth-order valence-corrected chi connectivity index (χ4v) is 16.1. The van der Waals surface area contributed by atoms with Gasteiger partial charge >= 0.3 is 12.4 Å². The fourth-order valence-electron chi connectivity index (χ4n) is 16.1. The van der Waals surface area contributed by atoms with Crippen LogP contribution in [0.2, 0.25) is 0 Å². The molecule has 0 amide bonds. The number of rotatable bonds is 7. The van der Waals surface area contributed by atoms with Crippen LogP contribution in [0.5, 0.6) is 0 Å².